The molecule has 6 heteroatoms. The second-order valence-electron chi connectivity index (χ2n) is 10.1. The fourth-order valence-electron chi connectivity index (χ4n) is 5.94. The summed E-state index contributed by atoms with van der Waals surface area (Å²) in [6.45, 7) is 1.74. The second kappa shape index (κ2) is 7.44. The number of likely N-dealkylation sites (tertiary alicyclic amines) is 1. The Bertz CT molecular complexity index is 783. The number of carbonyl (C=O) groups excluding carboxylic acids is 2. The molecule has 1 N–H and O–H groups in total. The minimum Gasteiger partial charge on any atom is -0.349 e. The zero-order valence-corrected chi connectivity index (χ0v) is 17.7. The van der Waals surface area contributed by atoms with Gasteiger partial charge in [0.25, 0.3) is 5.91 Å². The average Bonchev–Trinajstić information content (AvgIpc) is 3.07. The summed E-state index contributed by atoms with van der Waals surface area (Å²) in [7, 11) is 1.89. The van der Waals surface area contributed by atoms with Gasteiger partial charge in [0.15, 0.2) is 0 Å². The van der Waals surface area contributed by atoms with Gasteiger partial charge in [-0.25, -0.2) is 0 Å². The first-order valence-corrected chi connectivity index (χ1v) is 11.7. The first kappa shape index (κ1) is 19.1. The Morgan fingerprint density at radius 1 is 1.14 bits per heavy atom. The third kappa shape index (κ3) is 3.71. The van der Waals surface area contributed by atoms with Gasteiger partial charge in [0.05, 0.1) is 11.3 Å². The summed E-state index contributed by atoms with van der Waals surface area (Å²) in [5, 5.41) is 7.81. The minimum absolute atomic E-state index is 0.0344. The highest BCUT2D eigenvalue weighted by molar-refractivity contribution is 5.95. The second-order valence-corrected chi connectivity index (χ2v) is 10.1. The van der Waals surface area contributed by atoms with E-state index in [-0.39, 0.29) is 5.91 Å². The first-order valence-electron chi connectivity index (χ1n) is 11.7. The molecular weight excluding hydrogens is 364 g/mol. The van der Waals surface area contributed by atoms with Crippen LogP contribution in [0, 0.1) is 17.3 Å². The summed E-state index contributed by atoms with van der Waals surface area (Å²) >= 11 is 0. The van der Waals surface area contributed by atoms with Crippen LogP contribution in [0.25, 0.3) is 0 Å². The zero-order chi connectivity index (χ0) is 20.0. The highest BCUT2D eigenvalue weighted by Crippen LogP contribution is 2.66. The van der Waals surface area contributed by atoms with E-state index in [9.17, 15) is 9.59 Å². The number of amides is 2. The molecule has 3 aliphatic carbocycles. The predicted molar refractivity (Wildman–Crippen MR) is 110 cm³/mol. The van der Waals surface area contributed by atoms with E-state index in [0.717, 1.165) is 62.9 Å². The number of aryl methyl sites for hydroxylation is 1. The molecule has 1 saturated heterocycles. The molecule has 1 aromatic rings. The summed E-state index contributed by atoms with van der Waals surface area (Å²) < 4.78 is 1.77. The van der Waals surface area contributed by atoms with Crippen LogP contribution < -0.4 is 5.32 Å². The maximum Gasteiger partial charge on any atom is 0.254 e. The van der Waals surface area contributed by atoms with Crippen LogP contribution in [0.1, 0.15) is 80.3 Å². The largest absolute Gasteiger partial charge is 0.349 e. The number of hydrogen-bond donors (Lipinski definition) is 1. The molecule has 5 rings (SSSR count). The van der Waals surface area contributed by atoms with E-state index >= 15 is 0 Å². The Balaban J connectivity index is 1.15. The molecule has 0 unspecified atom stereocenters. The number of piperidine rings is 1. The summed E-state index contributed by atoms with van der Waals surface area (Å²) in [5.41, 5.74) is 2.08. The lowest BCUT2D eigenvalue weighted by Crippen LogP contribution is -2.41. The van der Waals surface area contributed by atoms with Crippen molar-refractivity contribution in [2.75, 3.05) is 13.1 Å². The maximum absolute atomic E-state index is 12.8. The minimum atomic E-state index is 0.0344. The molecule has 1 atom stereocenters. The molecule has 1 spiro atoms. The molecule has 1 aromatic heterocycles. The third-order valence-electron chi connectivity index (χ3n) is 8.09. The first-order chi connectivity index (χ1) is 14.0. The van der Waals surface area contributed by atoms with Gasteiger partial charge in [-0.15, -0.1) is 0 Å². The fraction of sp³-hybridized carbons (Fsp3) is 0.783. The molecule has 29 heavy (non-hydrogen) atoms. The van der Waals surface area contributed by atoms with Crippen molar-refractivity contribution in [1.29, 1.82) is 0 Å². The summed E-state index contributed by atoms with van der Waals surface area (Å²) in [5.74, 6) is 1.28. The molecule has 3 saturated carbocycles. The summed E-state index contributed by atoms with van der Waals surface area (Å²) in [4.78, 5) is 27.7. The smallest absolute Gasteiger partial charge is 0.254 e. The van der Waals surface area contributed by atoms with Crippen molar-refractivity contribution >= 4 is 11.8 Å². The molecule has 2 amide bonds. The zero-order valence-electron chi connectivity index (χ0n) is 17.7. The van der Waals surface area contributed by atoms with Crippen molar-refractivity contribution < 1.29 is 9.59 Å². The van der Waals surface area contributed by atoms with Gasteiger partial charge in [-0.2, -0.15) is 5.10 Å². The molecule has 158 valence electrons. The normalized spacial score (nSPS) is 26.5. The van der Waals surface area contributed by atoms with E-state index in [1.807, 2.05) is 13.2 Å². The SMILES string of the molecule is Cn1cc(C(=O)NC2CCCC2)c(CC2CCN(C(=O)[C@@H]3CC34CCC4)CC2)n1. The van der Waals surface area contributed by atoms with Crippen LogP contribution in [0.4, 0.5) is 0 Å². The van der Waals surface area contributed by atoms with Crippen molar-refractivity contribution in [1.82, 2.24) is 20.0 Å². The van der Waals surface area contributed by atoms with Gasteiger partial charge in [-0.05, 0) is 62.7 Å². The van der Waals surface area contributed by atoms with E-state index in [4.69, 9.17) is 0 Å². The van der Waals surface area contributed by atoms with E-state index in [1.165, 1.54) is 32.1 Å². The van der Waals surface area contributed by atoms with Crippen molar-refractivity contribution in [2.24, 2.45) is 24.3 Å². The number of hydrogen-bond acceptors (Lipinski definition) is 3. The maximum atomic E-state index is 12.8. The van der Waals surface area contributed by atoms with E-state index in [1.54, 1.807) is 4.68 Å². The number of nitrogens with zero attached hydrogens (tertiary/aromatic N) is 3. The Morgan fingerprint density at radius 2 is 1.86 bits per heavy atom. The Morgan fingerprint density at radius 3 is 2.48 bits per heavy atom. The standard InChI is InChI=1S/C23H34N4O2/c1-26-15-18(21(28)24-17-5-2-3-6-17)20(25-26)13-16-7-11-27(12-8-16)22(29)19-14-23(19)9-4-10-23/h15-17,19H,2-14H2,1H3,(H,24,28)/t19-/m0/s1. The number of rotatable bonds is 5. The van der Waals surface area contributed by atoms with Crippen LogP contribution in [-0.2, 0) is 18.3 Å². The monoisotopic (exact) mass is 398 g/mol. The molecule has 4 aliphatic rings. The summed E-state index contributed by atoms with van der Waals surface area (Å²) in [6, 6.07) is 0.325. The quantitative estimate of drug-likeness (QED) is 0.829. The lowest BCUT2D eigenvalue weighted by atomic mass is 9.79. The van der Waals surface area contributed by atoms with Gasteiger partial charge in [-0.3, -0.25) is 14.3 Å². The van der Waals surface area contributed by atoms with Crippen LogP contribution in [0.5, 0.6) is 0 Å². The van der Waals surface area contributed by atoms with Gasteiger partial charge in [0.2, 0.25) is 5.91 Å². The molecule has 2 heterocycles. The van der Waals surface area contributed by atoms with E-state index in [2.05, 4.69) is 15.3 Å². The van der Waals surface area contributed by atoms with E-state index < -0.39 is 0 Å². The van der Waals surface area contributed by atoms with Gasteiger partial charge >= 0.3 is 0 Å². The highest BCUT2D eigenvalue weighted by atomic mass is 16.2. The van der Waals surface area contributed by atoms with Gasteiger partial charge in [0, 0.05) is 38.3 Å². The summed E-state index contributed by atoms with van der Waals surface area (Å²) in [6.07, 6.45) is 14.3. The molecule has 1 aliphatic heterocycles. The molecule has 6 nitrogen and oxygen atoms in total. The Labute approximate surface area is 173 Å². The van der Waals surface area contributed by atoms with Crippen LogP contribution in [0.15, 0.2) is 6.20 Å². The van der Waals surface area contributed by atoms with Gasteiger partial charge in [0.1, 0.15) is 0 Å². The van der Waals surface area contributed by atoms with Crippen LogP contribution in [0.3, 0.4) is 0 Å². The predicted octanol–water partition coefficient (Wildman–Crippen LogP) is 3.06. The number of nitrogens with one attached hydrogen (secondary N) is 1. The lowest BCUT2D eigenvalue weighted by Gasteiger charge is -2.34. The lowest BCUT2D eigenvalue weighted by molar-refractivity contribution is -0.135. The van der Waals surface area contributed by atoms with Crippen LogP contribution in [0.2, 0.25) is 0 Å². The Hall–Kier alpha value is -1.85. The topological polar surface area (TPSA) is 67.2 Å². The Kier molecular flexibility index (Phi) is 4.91. The third-order valence-corrected chi connectivity index (χ3v) is 8.09. The van der Waals surface area contributed by atoms with E-state index in [0.29, 0.717) is 29.2 Å². The average molecular weight is 399 g/mol. The van der Waals surface area contributed by atoms with Crippen molar-refractivity contribution in [3.05, 3.63) is 17.5 Å². The molecule has 0 bridgehead atoms. The van der Waals surface area contributed by atoms with Gasteiger partial charge in [-0.1, -0.05) is 19.3 Å². The van der Waals surface area contributed by atoms with Crippen LogP contribution >= 0.6 is 0 Å². The van der Waals surface area contributed by atoms with Gasteiger partial charge < -0.3 is 10.2 Å². The molecule has 0 radical (unpaired) electrons. The molecule has 0 aromatic carbocycles. The van der Waals surface area contributed by atoms with Crippen molar-refractivity contribution in [2.45, 2.75) is 76.7 Å². The van der Waals surface area contributed by atoms with Crippen LogP contribution in [-0.4, -0.2) is 45.6 Å². The van der Waals surface area contributed by atoms with Crippen molar-refractivity contribution in [3.8, 4) is 0 Å². The van der Waals surface area contributed by atoms with Crippen molar-refractivity contribution in [3.63, 3.8) is 0 Å². The fourth-order valence-corrected chi connectivity index (χ4v) is 5.94. The highest BCUT2D eigenvalue weighted by Gasteiger charge is 2.61. The molecule has 4 fully saturated rings. The number of aromatic nitrogens is 2. The number of carbonyl (C=O) groups is 2. The molecular formula is C23H34N4O2.